The average molecular weight is 357 g/mol. The van der Waals surface area contributed by atoms with Crippen molar-refractivity contribution in [3.63, 3.8) is 0 Å². The summed E-state index contributed by atoms with van der Waals surface area (Å²) in [5, 5.41) is 0. The van der Waals surface area contributed by atoms with Crippen LogP contribution in [0.3, 0.4) is 0 Å². The van der Waals surface area contributed by atoms with Gasteiger partial charge >= 0.3 is 12.1 Å². The van der Waals surface area contributed by atoms with Gasteiger partial charge < -0.3 is 14.2 Å². The molecule has 0 bridgehead atoms. The van der Waals surface area contributed by atoms with Crippen molar-refractivity contribution in [2.24, 2.45) is 0 Å². The third-order valence-corrected chi connectivity index (χ3v) is 3.56. The lowest BCUT2D eigenvalue weighted by Gasteiger charge is -2.27. The summed E-state index contributed by atoms with van der Waals surface area (Å²) >= 11 is 0. The molecule has 0 unspecified atom stereocenters. The molecule has 0 spiro atoms. The smallest absolute Gasteiger partial charge is 0.411 e. The maximum absolute atomic E-state index is 13.3. The second-order valence-electron chi connectivity index (χ2n) is 6.72. The number of amides is 1. The molecule has 1 heterocycles. The second kappa shape index (κ2) is 7.25. The molecule has 0 radical (unpaired) electrons. The zero-order valence-electron chi connectivity index (χ0n) is 14.5. The number of nitrogens with zero attached hydrogens (tertiary/aromatic N) is 1. The highest BCUT2D eigenvalue weighted by molar-refractivity contribution is 5.82. The fraction of sp³-hybridized carbons (Fsp3) is 0.529. The highest BCUT2D eigenvalue weighted by Gasteiger charge is 2.43. The molecule has 8 heteroatoms. The molecule has 1 saturated heterocycles. The minimum absolute atomic E-state index is 0.0632. The van der Waals surface area contributed by atoms with Gasteiger partial charge in [-0.2, -0.15) is 0 Å². The molecule has 0 aromatic heterocycles. The first kappa shape index (κ1) is 19.0. The van der Waals surface area contributed by atoms with Gasteiger partial charge in [0.05, 0.1) is 13.7 Å². The highest BCUT2D eigenvalue weighted by Crippen LogP contribution is 2.26. The average Bonchev–Trinajstić information content (AvgIpc) is 2.92. The molecular weight excluding hydrogens is 336 g/mol. The van der Waals surface area contributed by atoms with E-state index in [1.165, 1.54) is 18.1 Å². The normalized spacial score (nSPS) is 20.3. The Bertz CT molecular complexity index is 659. The quantitative estimate of drug-likeness (QED) is 0.779. The fourth-order valence-electron chi connectivity index (χ4n) is 2.51. The molecule has 25 heavy (non-hydrogen) atoms. The number of carbonyl (C=O) groups excluding carboxylic acids is 2. The van der Waals surface area contributed by atoms with Gasteiger partial charge in [-0.05, 0) is 32.9 Å². The van der Waals surface area contributed by atoms with Crippen LogP contribution in [-0.4, -0.2) is 48.4 Å². The van der Waals surface area contributed by atoms with E-state index >= 15 is 0 Å². The highest BCUT2D eigenvalue weighted by atomic mass is 19.2. The Morgan fingerprint density at radius 2 is 1.88 bits per heavy atom. The first-order valence-corrected chi connectivity index (χ1v) is 7.80. The van der Waals surface area contributed by atoms with Gasteiger partial charge in [-0.3, -0.25) is 4.90 Å². The number of carbonyl (C=O) groups is 2. The van der Waals surface area contributed by atoms with Gasteiger partial charge in [0.25, 0.3) is 0 Å². The van der Waals surface area contributed by atoms with Crippen LogP contribution in [0, 0.1) is 11.6 Å². The van der Waals surface area contributed by atoms with E-state index in [-0.39, 0.29) is 18.7 Å². The van der Waals surface area contributed by atoms with E-state index in [1.807, 2.05) is 0 Å². The summed E-state index contributed by atoms with van der Waals surface area (Å²) in [6.07, 6.45) is -1.09. The Hall–Kier alpha value is -2.38. The van der Waals surface area contributed by atoms with E-state index in [0.717, 1.165) is 12.1 Å². The Labute approximate surface area is 144 Å². The van der Waals surface area contributed by atoms with Crippen LogP contribution in [0.1, 0.15) is 27.2 Å². The minimum Gasteiger partial charge on any atom is -0.488 e. The number of esters is 1. The standard InChI is InChI=1S/C17H21F2NO5/c1-17(2,3)25-16(22)20-9-11(8-14(20)15(21)23-4)24-10-5-6-12(18)13(19)7-10/h5-7,11,14H,8-9H2,1-4H3/t11-,14+/m1/s1. The van der Waals surface area contributed by atoms with Crippen molar-refractivity contribution in [3.05, 3.63) is 29.8 Å². The van der Waals surface area contributed by atoms with E-state index < -0.39 is 41.4 Å². The molecule has 2 atom stereocenters. The Kier molecular flexibility index (Phi) is 5.49. The number of rotatable bonds is 3. The number of methoxy groups -OCH3 is 1. The maximum atomic E-state index is 13.3. The molecule has 6 nitrogen and oxygen atoms in total. The number of ether oxygens (including phenoxy) is 3. The van der Waals surface area contributed by atoms with Crippen LogP contribution in [-0.2, 0) is 14.3 Å². The summed E-state index contributed by atoms with van der Waals surface area (Å²) in [6.45, 7) is 5.20. The number of hydrogen-bond acceptors (Lipinski definition) is 5. The van der Waals surface area contributed by atoms with Gasteiger partial charge in [0.15, 0.2) is 11.6 Å². The van der Waals surface area contributed by atoms with Gasteiger partial charge in [-0.15, -0.1) is 0 Å². The van der Waals surface area contributed by atoms with Gasteiger partial charge in [0, 0.05) is 12.5 Å². The summed E-state index contributed by atoms with van der Waals surface area (Å²) in [6, 6.07) is 2.28. The van der Waals surface area contributed by atoms with Crippen LogP contribution in [0.25, 0.3) is 0 Å². The number of benzene rings is 1. The van der Waals surface area contributed by atoms with Gasteiger partial charge in [-0.1, -0.05) is 0 Å². The van der Waals surface area contributed by atoms with E-state index in [4.69, 9.17) is 14.2 Å². The lowest BCUT2D eigenvalue weighted by molar-refractivity contribution is -0.145. The molecule has 2 rings (SSSR count). The zero-order valence-corrected chi connectivity index (χ0v) is 14.5. The number of hydrogen-bond donors (Lipinski definition) is 0. The van der Waals surface area contributed by atoms with E-state index in [0.29, 0.717) is 0 Å². The lowest BCUT2D eigenvalue weighted by atomic mass is 10.2. The van der Waals surface area contributed by atoms with Gasteiger partial charge in [0.1, 0.15) is 23.5 Å². The predicted octanol–water partition coefficient (Wildman–Crippen LogP) is 2.89. The number of likely N-dealkylation sites (tertiary alicyclic amines) is 1. The molecule has 1 aliphatic heterocycles. The number of halogens is 2. The lowest BCUT2D eigenvalue weighted by Crippen LogP contribution is -2.44. The van der Waals surface area contributed by atoms with Crippen LogP contribution in [0.2, 0.25) is 0 Å². The topological polar surface area (TPSA) is 65.1 Å². The van der Waals surface area contributed by atoms with Gasteiger partial charge in [-0.25, -0.2) is 18.4 Å². The molecule has 138 valence electrons. The van der Waals surface area contributed by atoms with E-state index in [1.54, 1.807) is 20.8 Å². The Morgan fingerprint density at radius 3 is 2.44 bits per heavy atom. The van der Waals surface area contributed by atoms with Crippen LogP contribution >= 0.6 is 0 Å². The first-order valence-electron chi connectivity index (χ1n) is 7.80. The molecule has 1 aromatic rings. The van der Waals surface area contributed by atoms with Crippen LogP contribution in [0.4, 0.5) is 13.6 Å². The SMILES string of the molecule is COC(=O)[C@@H]1C[C@@H](Oc2ccc(F)c(F)c2)CN1C(=O)OC(C)(C)C. The zero-order chi connectivity index (χ0) is 18.8. The van der Waals surface area contributed by atoms with Crippen molar-refractivity contribution in [1.29, 1.82) is 0 Å². The summed E-state index contributed by atoms with van der Waals surface area (Å²) in [5.41, 5.74) is -0.725. The third-order valence-electron chi connectivity index (χ3n) is 3.56. The Morgan fingerprint density at radius 1 is 1.20 bits per heavy atom. The van der Waals surface area contributed by atoms with E-state index in [9.17, 15) is 18.4 Å². The van der Waals surface area contributed by atoms with Crippen molar-refractivity contribution in [2.75, 3.05) is 13.7 Å². The Balaban J connectivity index is 2.13. The summed E-state index contributed by atoms with van der Waals surface area (Å²) < 4.78 is 41.9. The van der Waals surface area contributed by atoms with Crippen LogP contribution < -0.4 is 4.74 Å². The van der Waals surface area contributed by atoms with Crippen molar-refractivity contribution in [3.8, 4) is 5.75 Å². The van der Waals surface area contributed by atoms with Crippen LogP contribution in [0.15, 0.2) is 18.2 Å². The summed E-state index contributed by atoms with van der Waals surface area (Å²) in [7, 11) is 1.22. The van der Waals surface area contributed by atoms with E-state index in [2.05, 4.69) is 0 Å². The fourth-order valence-corrected chi connectivity index (χ4v) is 2.51. The largest absolute Gasteiger partial charge is 0.488 e. The summed E-state index contributed by atoms with van der Waals surface area (Å²) in [4.78, 5) is 25.5. The van der Waals surface area contributed by atoms with Crippen molar-refractivity contribution >= 4 is 12.1 Å². The van der Waals surface area contributed by atoms with Gasteiger partial charge in [0.2, 0.25) is 0 Å². The molecule has 1 aromatic carbocycles. The monoisotopic (exact) mass is 357 g/mol. The molecule has 1 amide bonds. The predicted molar refractivity (Wildman–Crippen MR) is 84.1 cm³/mol. The van der Waals surface area contributed by atoms with Crippen molar-refractivity contribution in [2.45, 2.75) is 44.9 Å². The molecule has 0 saturated carbocycles. The maximum Gasteiger partial charge on any atom is 0.411 e. The summed E-state index contributed by atoms with van der Waals surface area (Å²) in [5.74, 6) is -2.51. The molecule has 1 fully saturated rings. The third kappa shape index (κ3) is 4.80. The molecule has 0 N–H and O–H groups in total. The second-order valence-corrected chi connectivity index (χ2v) is 6.72. The molecular formula is C17H21F2NO5. The first-order chi connectivity index (χ1) is 11.6. The minimum atomic E-state index is -1.04. The van der Waals surface area contributed by atoms with Crippen molar-refractivity contribution < 1.29 is 32.6 Å². The van der Waals surface area contributed by atoms with Crippen molar-refractivity contribution in [1.82, 2.24) is 4.90 Å². The molecule has 0 aliphatic carbocycles. The van der Waals surface area contributed by atoms with Crippen LogP contribution in [0.5, 0.6) is 5.75 Å². The molecule has 1 aliphatic rings.